The number of nitrogens with one attached hydrogen (secondary N) is 2. The lowest BCUT2D eigenvalue weighted by atomic mass is 9.87. The van der Waals surface area contributed by atoms with Crippen LogP contribution in [-0.2, 0) is 10.2 Å². The van der Waals surface area contributed by atoms with E-state index in [1.807, 2.05) is 24.3 Å². The number of ether oxygens (including phenoxy) is 2. The molecular weight excluding hydrogens is 460 g/mol. The number of hydrogen-bond donors (Lipinski definition) is 2. The maximum absolute atomic E-state index is 12.3. The van der Waals surface area contributed by atoms with Gasteiger partial charge < -0.3 is 24.6 Å². The molecule has 3 rings (SSSR count). The summed E-state index contributed by atoms with van der Waals surface area (Å²) in [4.78, 5) is 28.3. The average molecular weight is 487 g/mol. The highest BCUT2D eigenvalue weighted by Gasteiger charge is 2.18. The van der Waals surface area contributed by atoms with Crippen molar-refractivity contribution in [2.45, 2.75) is 26.2 Å². The van der Waals surface area contributed by atoms with Gasteiger partial charge in [-0.05, 0) is 41.3 Å². The summed E-state index contributed by atoms with van der Waals surface area (Å²) in [6, 6.07) is 12.6. The van der Waals surface area contributed by atoms with E-state index < -0.39 is 5.91 Å². The van der Waals surface area contributed by atoms with Crippen LogP contribution in [0.2, 0.25) is 5.02 Å². The molecule has 0 saturated carbocycles. The van der Waals surface area contributed by atoms with Crippen molar-refractivity contribution >= 4 is 23.4 Å². The van der Waals surface area contributed by atoms with Gasteiger partial charge in [-0.15, -0.1) is 0 Å². The van der Waals surface area contributed by atoms with Gasteiger partial charge in [-0.1, -0.05) is 49.7 Å². The third-order valence-corrected chi connectivity index (χ3v) is 5.08. The summed E-state index contributed by atoms with van der Waals surface area (Å²) in [5.41, 5.74) is 1.73. The number of carbonyl (C=O) groups is 2. The number of benzene rings is 2. The molecule has 180 valence electrons. The normalized spacial score (nSPS) is 11.1. The molecule has 0 radical (unpaired) electrons. The lowest BCUT2D eigenvalue weighted by molar-refractivity contribution is -0.123. The first-order valence-corrected chi connectivity index (χ1v) is 11.0. The van der Waals surface area contributed by atoms with Crippen molar-refractivity contribution < 1.29 is 23.6 Å². The van der Waals surface area contributed by atoms with E-state index in [1.165, 1.54) is 12.7 Å². The first-order chi connectivity index (χ1) is 16.2. The van der Waals surface area contributed by atoms with E-state index in [2.05, 4.69) is 41.5 Å². The van der Waals surface area contributed by atoms with E-state index in [1.54, 1.807) is 18.2 Å². The van der Waals surface area contributed by atoms with Gasteiger partial charge in [-0.2, -0.15) is 4.98 Å². The molecule has 1 aromatic heterocycles. The molecule has 0 saturated heterocycles. The predicted molar refractivity (Wildman–Crippen MR) is 127 cm³/mol. The van der Waals surface area contributed by atoms with Crippen LogP contribution in [0.4, 0.5) is 0 Å². The summed E-state index contributed by atoms with van der Waals surface area (Å²) < 4.78 is 15.8. The Morgan fingerprint density at radius 3 is 2.44 bits per heavy atom. The molecule has 2 N–H and O–H groups in total. The number of methoxy groups -OCH3 is 1. The maximum atomic E-state index is 12.3. The summed E-state index contributed by atoms with van der Waals surface area (Å²) in [5.74, 6) is 0.189. The van der Waals surface area contributed by atoms with Gasteiger partial charge in [-0.3, -0.25) is 9.59 Å². The van der Waals surface area contributed by atoms with Crippen LogP contribution < -0.4 is 20.1 Å². The van der Waals surface area contributed by atoms with E-state index >= 15 is 0 Å². The minimum atomic E-state index is -0.566. The molecule has 3 aromatic rings. The molecule has 34 heavy (non-hydrogen) atoms. The van der Waals surface area contributed by atoms with Crippen LogP contribution in [0.3, 0.4) is 0 Å². The minimum Gasteiger partial charge on any atom is -0.496 e. The van der Waals surface area contributed by atoms with Gasteiger partial charge >= 0.3 is 11.8 Å². The number of amides is 2. The van der Waals surface area contributed by atoms with Gasteiger partial charge in [-0.25, -0.2) is 0 Å². The summed E-state index contributed by atoms with van der Waals surface area (Å²) in [7, 11) is 1.50. The molecule has 1 heterocycles. The second kappa shape index (κ2) is 11.0. The van der Waals surface area contributed by atoms with Crippen LogP contribution in [0.5, 0.6) is 11.5 Å². The van der Waals surface area contributed by atoms with Gasteiger partial charge in [0, 0.05) is 18.1 Å². The molecule has 0 bridgehead atoms. The highest BCUT2D eigenvalue weighted by molar-refractivity contribution is 6.30. The molecule has 2 aromatic carbocycles. The fourth-order valence-corrected chi connectivity index (χ4v) is 3.16. The largest absolute Gasteiger partial charge is 0.496 e. The SMILES string of the molecule is COc1ccc(Cl)cc1-c1noc(C(=O)NCCNC(=O)COc2ccc(C(C)(C)C)cc2)n1. The van der Waals surface area contributed by atoms with Crippen molar-refractivity contribution in [1.82, 2.24) is 20.8 Å². The first-order valence-electron chi connectivity index (χ1n) is 10.6. The summed E-state index contributed by atoms with van der Waals surface area (Å²) in [5, 5.41) is 9.56. The van der Waals surface area contributed by atoms with Crippen LogP contribution in [-0.4, -0.2) is 48.8 Å². The topological polar surface area (TPSA) is 116 Å². The molecule has 2 amide bonds. The summed E-state index contributed by atoms with van der Waals surface area (Å²) in [6.07, 6.45) is 0. The first kappa shape index (κ1) is 25.0. The van der Waals surface area contributed by atoms with Crippen molar-refractivity contribution in [2.24, 2.45) is 0 Å². The molecular formula is C24H27ClN4O5. The van der Waals surface area contributed by atoms with E-state index in [0.717, 1.165) is 0 Å². The molecule has 0 aliphatic rings. The molecule has 9 nitrogen and oxygen atoms in total. The lowest BCUT2D eigenvalue weighted by Gasteiger charge is -2.19. The Hall–Kier alpha value is -3.59. The van der Waals surface area contributed by atoms with Crippen molar-refractivity contribution in [3.63, 3.8) is 0 Å². The molecule has 0 fully saturated rings. The lowest BCUT2D eigenvalue weighted by Crippen LogP contribution is -2.36. The van der Waals surface area contributed by atoms with Crippen molar-refractivity contribution in [3.05, 3.63) is 58.9 Å². The van der Waals surface area contributed by atoms with E-state index in [-0.39, 0.29) is 42.7 Å². The zero-order valence-electron chi connectivity index (χ0n) is 19.5. The third-order valence-electron chi connectivity index (χ3n) is 4.85. The zero-order chi connectivity index (χ0) is 24.7. The maximum Gasteiger partial charge on any atom is 0.316 e. The van der Waals surface area contributed by atoms with Crippen LogP contribution in [0.1, 0.15) is 37.0 Å². The highest BCUT2D eigenvalue weighted by Crippen LogP contribution is 2.30. The molecule has 10 heteroatoms. The Balaban J connectivity index is 1.42. The van der Waals surface area contributed by atoms with Gasteiger partial charge in [0.15, 0.2) is 6.61 Å². The van der Waals surface area contributed by atoms with Crippen LogP contribution >= 0.6 is 11.6 Å². The van der Waals surface area contributed by atoms with Crippen molar-refractivity contribution in [2.75, 3.05) is 26.8 Å². The Kier molecular flexibility index (Phi) is 8.12. The number of hydrogen-bond acceptors (Lipinski definition) is 7. The molecule has 0 spiro atoms. The van der Waals surface area contributed by atoms with Gasteiger partial charge in [0.05, 0.1) is 12.7 Å². The average Bonchev–Trinajstić information content (AvgIpc) is 3.30. The Morgan fingerprint density at radius 1 is 1.06 bits per heavy atom. The third kappa shape index (κ3) is 6.71. The monoisotopic (exact) mass is 486 g/mol. The van der Waals surface area contributed by atoms with Crippen LogP contribution in [0.25, 0.3) is 11.4 Å². The predicted octanol–water partition coefficient (Wildman–Crippen LogP) is 3.62. The molecule has 0 atom stereocenters. The quantitative estimate of drug-likeness (QED) is 0.444. The molecule has 0 aliphatic carbocycles. The fraction of sp³-hybridized carbons (Fsp3) is 0.333. The number of halogens is 1. The standard InChI is InChI=1S/C24H27ClN4O5/c1-24(2,3)15-5-8-17(9-6-15)33-14-20(30)26-11-12-27-22(31)23-28-21(29-34-23)18-13-16(25)7-10-19(18)32-4/h5-10,13H,11-12,14H2,1-4H3,(H,26,30)(H,27,31). The fourth-order valence-electron chi connectivity index (χ4n) is 2.98. The van der Waals surface area contributed by atoms with Crippen molar-refractivity contribution in [3.8, 4) is 22.9 Å². The number of aromatic nitrogens is 2. The number of rotatable bonds is 9. The molecule has 0 aliphatic heterocycles. The summed E-state index contributed by atoms with van der Waals surface area (Å²) >= 11 is 6.02. The van der Waals surface area contributed by atoms with E-state index in [9.17, 15) is 9.59 Å². The summed E-state index contributed by atoms with van der Waals surface area (Å²) in [6.45, 7) is 6.63. The minimum absolute atomic E-state index is 0.0469. The smallest absolute Gasteiger partial charge is 0.316 e. The number of carbonyl (C=O) groups excluding carboxylic acids is 2. The van der Waals surface area contributed by atoms with E-state index in [4.69, 9.17) is 25.6 Å². The molecule has 0 unspecified atom stereocenters. The van der Waals surface area contributed by atoms with Crippen LogP contribution in [0.15, 0.2) is 47.0 Å². The second-order valence-corrected chi connectivity index (χ2v) is 8.87. The van der Waals surface area contributed by atoms with Gasteiger partial charge in [0.25, 0.3) is 5.91 Å². The van der Waals surface area contributed by atoms with E-state index in [0.29, 0.717) is 22.1 Å². The zero-order valence-corrected chi connectivity index (χ0v) is 20.2. The van der Waals surface area contributed by atoms with Crippen LogP contribution in [0, 0.1) is 0 Å². The van der Waals surface area contributed by atoms with Gasteiger partial charge in [0.2, 0.25) is 5.82 Å². The van der Waals surface area contributed by atoms with Gasteiger partial charge in [0.1, 0.15) is 11.5 Å². The Morgan fingerprint density at radius 2 is 1.76 bits per heavy atom. The number of nitrogens with zero attached hydrogens (tertiary/aromatic N) is 2. The second-order valence-electron chi connectivity index (χ2n) is 8.44. The Labute approximate surface area is 202 Å². The van der Waals surface area contributed by atoms with Crippen molar-refractivity contribution in [1.29, 1.82) is 0 Å². The highest BCUT2D eigenvalue weighted by atomic mass is 35.5. The Bertz CT molecular complexity index is 1140.